The number of halogens is 2. The summed E-state index contributed by atoms with van der Waals surface area (Å²) in [5, 5.41) is 3.30. The van der Waals surface area contributed by atoms with Crippen molar-refractivity contribution in [2.24, 2.45) is 0 Å². The van der Waals surface area contributed by atoms with Crippen LogP contribution in [0, 0.1) is 0 Å². The van der Waals surface area contributed by atoms with Crippen LogP contribution in [0.15, 0.2) is 71.5 Å². The Morgan fingerprint density at radius 2 is 1.86 bits per heavy atom. The zero-order chi connectivity index (χ0) is 24.8. The lowest BCUT2D eigenvalue weighted by Crippen LogP contribution is -2.14. The fourth-order valence-electron chi connectivity index (χ4n) is 3.70. The molecule has 3 aromatic carbocycles. The van der Waals surface area contributed by atoms with E-state index in [0.717, 1.165) is 0 Å². The Morgan fingerprint density at radius 1 is 1.09 bits per heavy atom. The lowest BCUT2D eigenvalue weighted by molar-refractivity contribution is -0.116. The Morgan fingerprint density at radius 3 is 2.60 bits per heavy atom. The van der Waals surface area contributed by atoms with Crippen LogP contribution in [-0.4, -0.2) is 29.6 Å². The molecular weight excluding hydrogens is 456 g/mol. The number of hydrogen-bond acceptors (Lipinski definition) is 5. The second-order valence-electron chi connectivity index (χ2n) is 7.75. The zero-order valence-electron chi connectivity index (χ0n) is 18.9. The van der Waals surface area contributed by atoms with E-state index in [-0.39, 0.29) is 23.6 Å². The summed E-state index contributed by atoms with van der Waals surface area (Å²) in [5.41, 5.74) is 1.87. The van der Waals surface area contributed by atoms with Gasteiger partial charge in [-0.15, -0.1) is 0 Å². The number of carbonyl (C=O) groups is 1. The van der Waals surface area contributed by atoms with Gasteiger partial charge < -0.3 is 19.8 Å². The highest BCUT2D eigenvalue weighted by molar-refractivity contribution is 5.92. The van der Waals surface area contributed by atoms with E-state index in [1.807, 2.05) is 6.07 Å². The maximum Gasteiger partial charge on any atom is 0.387 e. The van der Waals surface area contributed by atoms with E-state index in [2.05, 4.69) is 20.0 Å². The number of rotatable bonds is 9. The molecule has 0 radical (unpaired) electrons. The molecule has 9 heteroatoms. The lowest BCUT2D eigenvalue weighted by atomic mass is 10.0. The summed E-state index contributed by atoms with van der Waals surface area (Å²) >= 11 is 0. The minimum Gasteiger partial charge on any atom is -0.497 e. The Labute approximate surface area is 199 Å². The van der Waals surface area contributed by atoms with Crippen molar-refractivity contribution < 1.29 is 23.0 Å². The van der Waals surface area contributed by atoms with Gasteiger partial charge >= 0.3 is 6.61 Å². The molecule has 0 spiro atoms. The molecule has 0 atom stereocenters. The molecule has 0 aliphatic heterocycles. The number of methoxy groups -OCH3 is 1. The maximum atomic E-state index is 12.9. The van der Waals surface area contributed by atoms with Gasteiger partial charge in [-0.25, -0.2) is 4.98 Å². The van der Waals surface area contributed by atoms with E-state index >= 15 is 0 Å². The molecule has 0 saturated carbocycles. The highest BCUT2D eigenvalue weighted by Crippen LogP contribution is 2.34. The van der Waals surface area contributed by atoms with Gasteiger partial charge in [0.2, 0.25) is 5.91 Å². The highest BCUT2D eigenvalue weighted by Gasteiger charge is 2.14. The molecule has 1 amide bonds. The molecule has 35 heavy (non-hydrogen) atoms. The molecule has 0 bridgehead atoms. The molecule has 1 heterocycles. The van der Waals surface area contributed by atoms with Crippen molar-refractivity contribution in [1.29, 1.82) is 0 Å². The molecule has 7 nitrogen and oxygen atoms in total. The fourth-order valence-corrected chi connectivity index (χ4v) is 3.70. The van der Waals surface area contributed by atoms with Gasteiger partial charge in [0, 0.05) is 24.1 Å². The minimum absolute atomic E-state index is 0.00509. The smallest absolute Gasteiger partial charge is 0.387 e. The van der Waals surface area contributed by atoms with E-state index in [1.54, 1.807) is 48.5 Å². The number of anilines is 1. The van der Waals surface area contributed by atoms with Crippen molar-refractivity contribution in [2.45, 2.75) is 25.9 Å². The number of carbonyl (C=O) groups excluding carboxylic acids is 1. The van der Waals surface area contributed by atoms with Crippen LogP contribution in [0.5, 0.6) is 11.5 Å². The summed E-state index contributed by atoms with van der Waals surface area (Å²) in [4.78, 5) is 31.9. The van der Waals surface area contributed by atoms with Gasteiger partial charge in [-0.2, -0.15) is 8.78 Å². The standard InChI is InChI=1S/C26H23F2N3O4/c1-34-18-12-9-16(10-13-18)20-15-17(11-14-22(20)35-26(27)28)29-24(32)8-4-7-23-30-21-6-3-2-5-19(21)25(33)31-23/h2-3,5-6,9-15,26H,4,7-8H2,1H3,(H,29,32)(H,30,31,33). The van der Waals surface area contributed by atoms with Crippen molar-refractivity contribution in [3.63, 3.8) is 0 Å². The topological polar surface area (TPSA) is 93.3 Å². The third kappa shape index (κ3) is 6.00. The Balaban J connectivity index is 1.43. The summed E-state index contributed by atoms with van der Waals surface area (Å²) in [7, 11) is 1.53. The number of alkyl halides is 2. The second-order valence-corrected chi connectivity index (χ2v) is 7.75. The largest absolute Gasteiger partial charge is 0.497 e. The molecule has 4 rings (SSSR count). The van der Waals surface area contributed by atoms with Gasteiger partial charge in [-0.3, -0.25) is 9.59 Å². The van der Waals surface area contributed by atoms with E-state index < -0.39 is 6.61 Å². The van der Waals surface area contributed by atoms with Crippen LogP contribution in [-0.2, 0) is 11.2 Å². The molecule has 180 valence electrons. The number of ether oxygens (including phenoxy) is 2. The summed E-state index contributed by atoms with van der Waals surface area (Å²) in [6, 6.07) is 18.4. The third-order valence-corrected chi connectivity index (χ3v) is 5.36. The van der Waals surface area contributed by atoms with Crippen LogP contribution >= 0.6 is 0 Å². The van der Waals surface area contributed by atoms with Crippen LogP contribution < -0.4 is 20.3 Å². The first-order chi connectivity index (χ1) is 16.9. The summed E-state index contributed by atoms with van der Waals surface area (Å²) < 4.78 is 35.6. The molecule has 0 aliphatic rings. The van der Waals surface area contributed by atoms with Gasteiger partial charge in [0.05, 0.1) is 18.0 Å². The zero-order valence-corrected chi connectivity index (χ0v) is 18.9. The van der Waals surface area contributed by atoms with E-state index in [1.165, 1.54) is 19.2 Å². The number of H-pyrrole nitrogens is 1. The summed E-state index contributed by atoms with van der Waals surface area (Å²) in [6.45, 7) is -2.98. The van der Waals surface area contributed by atoms with Gasteiger partial charge in [-0.05, 0) is 54.4 Å². The monoisotopic (exact) mass is 479 g/mol. The van der Waals surface area contributed by atoms with Crippen LogP contribution in [0.3, 0.4) is 0 Å². The van der Waals surface area contributed by atoms with E-state index in [0.29, 0.717) is 52.1 Å². The van der Waals surface area contributed by atoms with Gasteiger partial charge in [0.15, 0.2) is 0 Å². The Hall–Kier alpha value is -4.27. The predicted molar refractivity (Wildman–Crippen MR) is 129 cm³/mol. The average molecular weight is 479 g/mol. The molecule has 0 saturated heterocycles. The molecule has 0 unspecified atom stereocenters. The number of para-hydroxylation sites is 1. The van der Waals surface area contributed by atoms with Crippen LogP contribution in [0.25, 0.3) is 22.0 Å². The highest BCUT2D eigenvalue weighted by atomic mass is 19.3. The first kappa shape index (κ1) is 23.9. The van der Waals surface area contributed by atoms with E-state index in [9.17, 15) is 18.4 Å². The predicted octanol–water partition coefficient (Wildman–Crippen LogP) is 5.16. The number of aryl methyl sites for hydroxylation is 1. The lowest BCUT2D eigenvalue weighted by Gasteiger charge is -2.14. The van der Waals surface area contributed by atoms with Gasteiger partial charge in [0.1, 0.15) is 17.3 Å². The molecule has 2 N–H and O–H groups in total. The SMILES string of the molecule is COc1ccc(-c2cc(NC(=O)CCCc3nc4ccccc4c(=O)[nH]3)ccc2OC(F)F)cc1. The molecule has 0 aliphatic carbocycles. The molecule has 1 aromatic heterocycles. The van der Waals surface area contributed by atoms with Crippen molar-refractivity contribution in [2.75, 3.05) is 12.4 Å². The van der Waals surface area contributed by atoms with Crippen LogP contribution in [0.1, 0.15) is 18.7 Å². The summed E-state index contributed by atoms with van der Waals surface area (Å²) in [5.74, 6) is 0.874. The second kappa shape index (κ2) is 10.8. The van der Waals surface area contributed by atoms with Crippen molar-refractivity contribution >= 4 is 22.5 Å². The number of benzene rings is 3. The third-order valence-electron chi connectivity index (χ3n) is 5.36. The van der Waals surface area contributed by atoms with Gasteiger partial charge in [-0.1, -0.05) is 24.3 Å². The number of hydrogen-bond donors (Lipinski definition) is 2. The molecule has 0 fully saturated rings. The van der Waals surface area contributed by atoms with Gasteiger partial charge in [0.25, 0.3) is 5.56 Å². The summed E-state index contributed by atoms with van der Waals surface area (Å²) in [6.07, 6.45) is 1.07. The van der Waals surface area contributed by atoms with Crippen LogP contribution in [0.2, 0.25) is 0 Å². The van der Waals surface area contributed by atoms with Crippen LogP contribution in [0.4, 0.5) is 14.5 Å². The number of fused-ring (bicyclic) bond motifs is 1. The quantitative estimate of drug-likeness (QED) is 0.346. The van der Waals surface area contributed by atoms with Crippen molar-refractivity contribution in [3.05, 3.63) is 82.9 Å². The van der Waals surface area contributed by atoms with Crippen molar-refractivity contribution in [1.82, 2.24) is 9.97 Å². The number of amides is 1. The molecule has 4 aromatic rings. The number of nitrogens with one attached hydrogen (secondary N) is 2. The Bertz CT molecular complexity index is 1390. The average Bonchev–Trinajstić information content (AvgIpc) is 2.85. The fraction of sp³-hybridized carbons (Fsp3) is 0.192. The van der Waals surface area contributed by atoms with Crippen molar-refractivity contribution in [3.8, 4) is 22.6 Å². The molecular formula is C26H23F2N3O4. The number of aromatic nitrogens is 2. The minimum atomic E-state index is -2.98. The first-order valence-corrected chi connectivity index (χ1v) is 10.9. The maximum absolute atomic E-state index is 12.9. The van der Waals surface area contributed by atoms with E-state index in [4.69, 9.17) is 4.74 Å². The number of aromatic amines is 1. The first-order valence-electron chi connectivity index (χ1n) is 10.9. The normalized spacial score (nSPS) is 11.0. The Kier molecular flexibility index (Phi) is 7.35. The number of nitrogens with zero attached hydrogens (tertiary/aromatic N) is 1.